The topological polar surface area (TPSA) is 67.0 Å². The number of benzene rings is 3. The number of carbonyl (C=O) groups excluding carboxylic acids is 1. The second-order valence-electron chi connectivity index (χ2n) is 7.21. The maximum Gasteiger partial charge on any atom is 0.266 e. The van der Waals surface area contributed by atoms with Crippen molar-refractivity contribution in [3.63, 3.8) is 0 Å². The second-order valence-corrected chi connectivity index (χ2v) is 7.21. The lowest BCUT2D eigenvalue weighted by atomic mass is 10.1. The molecule has 0 aliphatic heterocycles. The second kappa shape index (κ2) is 9.19. The number of halogens is 1. The maximum atomic E-state index is 13.6. The maximum absolute atomic E-state index is 13.6. The number of carbonyl (C=O) groups is 1. The minimum Gasteiger partial charge on any atom is -0.497 e. The molecule has 0 bridgehead atoms. The Labute approximate surface area is 185 Å². The molecule has 0 fully saturated rings. The fourth-order valence-corrected chi connectivity index (χ4v) is 3.53. The van der Waals surface area contributed by atoms with Crippen molar-refractivity contribution in [2.45, 2.75) is 6.54 Å². The fourth-order valence-electron chi connectivity index (χ4n) is 3.53. The fraction of sp³-hybridized carbons (Fsp3) is 0.0769. The number of anilines is 1. The van der Waals surface area contributed by atoms with Gasteiger partial charge in [-0.3, -0.25) is 4.79 Å². The average Bonchev–Trinajstić information content (AvgIpc) is 3.15. The molecule has 0 unspecified atom stereocenters. The van der Waals surface area contributed by atoms with Gasteiger partial charge in [-0.05, 0) is 54.1 Å². The molecule has 1 aromatic heterocycles. The van der Waals surface area contributed by atoms with Crippen LogP contribution in [0.5, 0.6) is 5.75 Å². The number of rotatable bonds is 6. The summed E-state index contributed by atoms with van der Waals surface area (Å²) in [6, 6.07) is 23.0. The minimum atomic E-state index is -0.500. The van der Waals surface area contributed by atoms with Gasteiger partial charge in [-0.1, -0.05) is 30.3 Å². The Balaban J connectivity index is 1.65. The third-order valence-electron chi connectivity index (χ3n) is 5.07. The number of nitriles is 1. The Hall–Kier alpha value is -4.37. The van der Waals surface area contributed by atoms with E-state index in [0.717, 1.165) is 22.0 Å². The van der Waals surface area contributed by atoms with Gasteiger partial charge in [-0.15, -0.1) is 0 Å². The third kappa shape index (κ3) is 4.52. The van der Waals surface area contributed by atoms with Crippen molar-refractivity contribution in [1.29, 1.82) is 5.26 Å². The molecule has 6 heteroatoms. The van der Waals surface area contributed by atoms with Gasteiger partial charge in [0.2, 0.25) is 0 Å². The van der Waals surface area contributed by atoms with Gasteiger partial charge in [0.05, 0.1) is 7.11 Å². The van der Waals surface area contributed by atoms with Crippen molar-refractivity contribution >= 4 is 28.6 Å². The average molecular weight is 425 g/mol. The van der Waals surface area contributed by atoms with E-state index in [1.807, 2.05) is 47.2 Å². The van der Waals surface area contributed by atoms with Crippen LogP contribution >= 0.6 is 0 Å². The molecule has 1 N–H and O–H groups in total. The number of amides is 1. The van der Waals surface area contributed by atoms with E-state index in [1.54, 1.807) is 43.5 Å². The lowest BCUT2D eigenvalue weighted by molar-refractivity contribution is -0.112. The molecule has 1 heterocycles. The van der Waals surface area contributed by atoms with E-state index in [0.29, 0.717) is 18.0 Å². The van der Waals surface area contributed by atoms with Gasteiger partial charge >= 0.3 is 0 Å². The molecule has 0 radical (unpaired) electrons. The highest BCUT2D eigenvalue weighted by Gasteiger charge is 2.13. The van der Waals surface area contributed by atoms with Gasteiger partial charge in [-0.25, -0.2) is 4.39 Å². The summed E-state index contributed by atoms with van der Waals surface area (Å²) in [6.07, 6.45) is 3.44. The minimum absolute atomic E-state index is 0.0190. The molecule has 0 aliphatic rings. The first-order chi connectivity index (χ1) is 15.6. The summed E-state index contributed by atoms with van der Waals surface area (Å²) >= 11 is 0. The summed E-state index contributed by atoms with van der Waals surface area (Å²) in [7, 11) is 1.56. The molecule has 4 rings (SSSR count). The SMILES string of the molecule is COc1ccc(NC(=O)/C(C#N)=C/c2cn(Cc3cccc(F)c3)c3ccccc23)cc1. The number of aromatic nitrogens is 1. The molecule has 1 amide bonds. The summed E-state index contributed by atoms with van der Waals surface area (Å²) in [4.78, 5) is 12.7. The van der Waals surface area contributed by atoms with Crippen LogP contribution in [0.4, 0.5) is 10.1 Å². The van der Waals surface area contributed by atoms with E-state index in [1.165, 1.54) is 12.1 Å². The zero-order valence-corrected chi connectivity index (χ0v) is 17.4. The monoisotopic (exact) mass is 425 g/mol. The van der Waals surface area contributed by atoms with E-state index >= 15 is 0 Å². The number of fused-ring (bicyclic) bond motifs is 1. The van der Waals surface area contributed by atoms with Crippen molar-refractivity contribution in [1.82, 2.24) is 4.57 Å². The molecule has 5 nitrogen and oxygen atoms in total. The predicted octanol–water partition coefficient (Wildman–Crippen LogP) is 5.38. The van der Waals surface area contributed by atoms with Crippen LogP contribution in [0.25, 0.3) is 17.0 Å². The van der Waals surface area contributed by atoms with Crippen molar-refractivity contribution < 1.29 is 13.9 Å². The molecular formula is C26H20FN3O2. The van der Waals surface area contributed by atoms with Crippen LogP contribution in [0.2, 0.25) is 0 Å². The van der Waals surface area contributed by atoms with E-state index in [2.05, 4.69) is 5.32 Å². The predicted molar refractivity (Wildman–Crippen MR) is 123 cm³/mol. The molecule has 3 aromatic carbocycles. The molecule has 0 atom stereocenters. The van der Waals surface area contributed by atoms with Crippen LogP contribution in [0.3, 0.4) is 0 Å². The van der Waals surface area contributed by atoms with E-state index in [-0.39, 0.29) is 11.4 Å². The van der Waals surface area contributed by atoms with Gasteiger partial charge in [0, 0.05) is 34.9 Å². The van der Waals surface area contributed by atoms with Crippen molar-refractivity contribution in [3.8, 4) is 11.8 Å². The van der Waals surface area contributed by atoms with Crippen LogP contribution < -0.4 is 10.1 Å². The Morgan fingerprint density at radius 1 is 1.12 bits per heavy atom. The van der Waals surface area contributed by atoms with Crippen molar-refractivity contribution in [2.24, 2.45) is 0 Å². The smallest absolute Gasteiger partial charge is 0.266 e. The van der Waals surface area contributed by atoms with Crippen molar-refractivity contribution in [2.75, 3.05) is 12.4 Å². The number of nitrogens with zero attached hydrogens (tertiary/aromatic N) is 2. The molecule has 32 heavy (non-hydrogen) atoms. The van der Waals surface area contributed by atoms with Crippen LogP contribution in [0.1, 0.15) is 11.1 Å². The number of nitrogens with one attached hydrogen (secondary N) is 1. The number of hydrogen-bond donors (Lipinski definition) is 1. The quantitative estimate of drug-likeness (QED) is 0.333. The molecule has 4 aromatic rings. The standard InChI is InChI=1S/C26H20FN3O2/c1-32-23-11-9-22(10-12-23)29-26(31)19(15-28)14-20-17-30(25-8-3-2-7-24(20)25)16-18-5-4-6-21(27)13-18/h2-14,17H,16H2,1H3,(H,29,31)/b19-14+. The number of methoxy groups -OCH3 is 1. The van der Waals surface area contributed by atoms with Gasteiger partial charge in [0.15, 0.2) is 0 Å². The van der Waals surface area contributed by atoms with E-state index in [9.17, 15) is 14.4 Å². The van der Waals surface area contributed by atoms with Gasteiger partial charge in [0.1, 0.15) is 23.2 Å². The molecule has 0 saturated heterocycles. The van der Waals surface area contributed by atoms with Crippen LogP contribution in [-0.4, -0.2) is 17.6 Å². The Bertz CT molecular complexity index is 1350. The third-order valence-corrected chi connectivity index (χ3v) is 5.07. The first-order valence-electron chi connectivity index (χ1n) is 9.97. The highest BCUT2D eigenvalue weighted by Crippen LogP contribution is 2.25. The summed E-state index contributed by atoms with van der Waals surface area (Å²) in [6.45, 7) is 0.464. The molecule has 0 aliphatic carbocycles. The first kappa shape index (κ1) is 20.9. The normalized spacial score (nSPS) is 11.2. The lowest BCUT2D eigenvalue weighted by Gasteiger charge is -2.05. The molecule has 0 saturated carbocycles. The molecular weight excluding hydrogens is 405 g/mol. The van der Waals surface area contributed by atoms with Gasteiger partial charge in [-0.2, -0.15) is 5.26 Å². The van der Waals surface area contributed by atoms with Crippen LogP contribution in [-0.2, 0) is 11.3 Å². The highest BCUT2D eigenvalue weighted by molar-refractivity contribution is 6.10. The number of para-hydroxylation sites is 1. The van der Waals surface area contributed by atoms with E-state index < -0.39 is 5.91 Å². The zero-order chi connectivity index (χ0) is 22.5. The molecule has 0 spiro atoms. The summed E-state index contributed by atoms with van der Waals surface area (Å²) in [5, 5.41) is 13.2. The van der Waals surface area contributed by atoms with Crippen LogP contribution in [0.15, 0.2) is 84.6 Å². The Kier molecular flexibility index (Phi) is 6.00. The van der Waals surface area contributed by atoms with Crippen molar-refractivity contribution in [3.05, 3.63) is 102 Å². The number of ether oxygens (including phenoxy) is 1. The summed E-state index contributed by atoms with van der Waals surface area (Å²) in [5.74, 6) is -0.120. The first-order valence-corrected chi connectivity index (χ1v) is 9.97. The Morgan fingerprint density at radius 2 is 1.91 bits per heavy atom. The summed E-state index contributed by atoms with van der Waals surface area (Å²) < 4.78 is 20.7. The molecule has 158 valence electrons. The lowest BCUT2D eigenvalue weighted by Crippen LogP contribution is -2.13. The zero-order valence-electron chi connectivity index (χ0n) is 17.4. The summed E-state index contributed by atoms with van der Waals surface area (Å²) in [5.41, 5.74) is 3.02. The van der Waals surface area contributed by atoms with Gasteiger partial charge in [0.25, 0.3) is 5.91 Å². The highest BCUT2D eigenvalue weighted by atomic mass is 19.1. The Morgan fingerprint density at radius 3 is 2.62 bits per heavy atom. The van der Waals surface area contributed by atoms with Gasteiger partial charge < -0.3 is 14.6 Å². The van der Waals surface area contributed by atoms with Crippen LogP contribution in [0, 0.1) is 17.1 Å². The van der Waals surface area contributed by atoms with E-state index in [4.69, 9.17) is 4.74 Å². The number of hydrogen-bond acceptors (Lipinski definition) is 3. The largest absolute Gasteiger partial charge is 0.497 e.